The number of carbonyl (C=O) groups excluding carboxylic acids is 1. The first-order valence-electron chi connectivity index (χ1n) is 7.59. The molecule has 5 nitrogen and oxygen atoms in total. The maximum absolute atomic E-state index is 12.4. The quantitative estimate of drug-likeness (QED) is 0.844. The maximum Gasteiger partial charge on any atom is 0.303 e. The Labute approximate surface area is 132 Å². The van der Waals surface area contributed by atoms with E-state index >= 15 is 0 Å². The van der Waals surface area contributed by atoms with Crippen LogP contribution in [0.2, 0.25) is 0 Å². The van der Waals surface area contributed by atoms with Crippen LogP contribution >= 0.6 is 0 Å². The lowest BCUT2D eigenvalue weighted by Crippen LogP contribution is -2.47. The molecule has 0 aromatic heterocycles. The van der Waals surface area contributed by atoms with E-state index in [0.29, 0.717) is 12.8 Å². The number of esters is 1. The molecule has 1 N–H and O–H groups in total. The SMILES string of the molecule is CC(=O)OC1(CNS(=O)(=O)c2ccc(C)cc2)CCCCC1. The lowest BCUT2D eigenvalue weighted by Gasteiger charge is -2.36. The molecule has 1 aromatic rings. The molecule has 0 amide bonds. The van der Waals surface area contributed by atoms with E-state index in [1.165, 1.54) is 6.92 Å². The van der Waals surface area contributed by atoms with Gasteiger partial charge in [-0.2, -0.15) is 0 Å². The van der Waals surface area contributed by atoms with Crippen molar-refractivity contribution < 1.29 is 17.9 Å². The summed E-state index contributed by atoms with van der Waals surface area (Å²) < 4.78 is 32.8. The number of aryl methyl sites for hydroxylation is 1. The van der Waals surface area contributed by atoms with Gasteiger partial charge in [-0.05, 0) is 44.7 Å². The van der Waals surface area contributed by atoms with Crippen LogP contribution in [0.25, 0.3) is 0 Å². The third-order valence-electron chi connectivity index (χ3n) is 4.04. The summed E-state index contributed by atoms with van der Waals surface area (Å²) in [6.07, 6.45) is 4.37. The van der Waals surface area contributed by atoms with Crippen molar-refractivity contribution in [3.63, 3.8) is 0 Å². The van der Waals surface area contributed by atoms with Gasteiger partial charge in [0.2, 0.25) is 10.0 Å². The van der Waals surface area contributed by atoms with Gasteiger partial charge < -0.3 is 4.74 Å². The largest absolute Gasteiger partial charge is 0.458 e. The van der Waals surface area contributed by atoms with Gasteiger partial charge in [-0.1, -0.05) is 24.1 Å². The molecule has 0 spiro atoms. The average Bonchev–Trinajstić information content (AvgIpc) is 2.46. The summed E-state index contributed by atoms with van der Waals surface area (Å²) in [4.78, 5) is 11.6. The molecule has 1 aromatic carbocycles. The van der Waals surface area contributed by atoms with Gasteiger partial charge in [0.05, 0.1) is 11.4 Å². The molecular formula is C16H23NO4S. The van der Waals surface area contributed by atoms with Gasteiger partial charge in [0.15, 0.2) is 0 Å². The number of hydrogen-bond donors (Lipinski definition) is 1. The zero-order valence-electron chi connectivity index (χ0n) is 13.1. The predicted molar refractivity (Wildman–Crippen MR) is 83.9 cm³/mol. The number of hydrogen-bond acceptors (Lipinski definition) is 4. The molecule has 0 saturated heterocycles. The second kappa shape index (κ2) is 6.79. The highest BCUT2D eigenvalue weighted by Gasteiger charge is 2.36. The van der Waals surface area contributed by atoms with Gasteiger partial charge in [-0.3, -0.25) is 4.79 Å². The normalized spacial score (nSPS) is 17.9. The fourth-order valence-electron chi connectivity index (χ4n) is 2.84. The van der Waals surface area contributed by atoms with Crippen LogP contribution in [0.4, 0.5) is 0 Å². The van der Waals surface area contributed by atoms with Crippen LogP contribution in [0, 0.1) is 6.92 Å². The highest BCUT2D eigenvalue weighted by atomic mass is 32.2. The molecule has 6 heteroatoms. The Hall–Kier alpha value is -1.40. The van der Waals surface area contributed by atoms with Crippen molar-refractivity contribution in [3.8, 4) is 0 Å². The van der Waals surface area contributed by atoms with E-state index in [-0.39, 0.29) is 17.4 Å². The van der Waals surface area contributed by atoms with E-state index in [4.69, 9.17) is 4.74 Å². The molecule has 1 fully saturated rings. The number of ether oxygens (including phenoxy) is 1. The van der Waals surface area contributed by atoms with Gasteiger partial charge in [0, 0.05) is 6.92 Å². The molecule has 0 unspecified atom stereocenters. The van der Waals surface area contributed by atoms with Crippen molar-refractivity contribution in [1.82, 2.24) is 4.72 Å². The van der Waals surface area contributed by atoms with Crippen molar-refractivity contribution in [1.29, 1.82) is 0 Å². The number of benzene rings is 1. The van der Waals surface area contributed by atoms with Crippen LogP contribution in [0.15, 0.2) is 29.2 Å². The Morgan fingerprint density at radius 3 is 2.32 bits per heavy atom. The number of rotatable bonds is 5. The van der Waals surface area contributed by atoms with Crippen molar-refractivity contribution in [3.05, 3.63) is 29.8 Å². The summed E-state index contributed by atoms with van der Waals surface area (Å²) in [6, 6.07) is 6.68. The molecule has 0 radical (unpaired) electrons. The molecule has 22 heavy (non-hydrogen) atoms. The Morgan fingerprint density at radius 2 is 1.77 bits per heavy atom. The fourth-order valence-corrected chi connectivity index (χ4v) is 3.96. The molecule has 1 aliphatic rings. The lowest BCUT2D eigenvalue weighted by molar-refractivity contribution is -0.159. The summed E-state index contributed by atoms with van der Waals surface area (Å²) >= 11 is 0. The molecule has 1 aliphatic carbocycles. The molecule has 122 valence electrons. The monoisotopic (exact) mass is 325 g/mol. The Morgan fingerprint density at radius 1 is 1.18 bits per heavy atom. The smallest absolute Gasteiger partial charge is 0.303 e. The van der Waals surface area contributed by atoms with Crippen LogP contribution in [-0.4, -0.2) is 26.5 Å². The minimum atomic E-state index is -3.59. The van der Waals surface area contributed by atoms with Crippen LogP contribution < -0.4 is 4.72 Å². The van der Waals surface area contributed by atoms with E-state index in [2.05, 4.69) is 4.72 Å². The van der Waals surface area contributed by atoms with Gasteiger partial charge in [-0.15, -0.1) is 0 Å². The third-order valence-corrected chi connectivity index (χ3v) is 5.46. The van der Waals surface area contributed by atoms with Crippen LogP contribution in [0.5, 0.6) is 0 Å². The number of sulfonamides is 1. The van der Waals surface area contributed by atoms with E-state index in [0.717, 1.165) is 24.8 Å². The average molecular weight is 325 g/mol. The fraction of sp³-hybridized carbons (Fsp3) is 0.562. The summed E-state index contributed by atoms with van der Waals surface area (Å²) in [5, 5.41) is 0. The van der Waals surface area contributed by atoms with Gasteiger partial charge in [0.25, 0.3) is 0 Å². The summed E-state index contributed by atoms with van der Waals surface area (Å²) in [7, 11) is -3.59. The minimum absolute atomic E-state index is 0.128. The highest BCUT2D eigenvalue weighted by molar-refractivity contribution is 7.89. The Bertz CT molecular complexity index is 616. The first-order valence-corrected chi connectivity index (χ1v) is 9.07. The molecular weight excluding hydrogens is 302 g/mol. The zero-order chi connectivity index (χ0) is 16.2. The van der Waals surface area contributed by atoms with E-state index in [1.807, 2.05) is 6.92 Å². The topological polar surface area (TPSA) is 72.5 Å². The van der Waals surface area contributed by atoms with Gasteiger partial charge >= 0.3 is 5.97 Å². The molecule has 1 saturated carbocycles. The Balaban J connectivity index is 2.10. The zero-order valence-corrected chi connectivity index (χ0v) is 13.9. The maximum atomic E-state index is 12.4. The summed E-state index contributed by atoms with van der Waals surface area (Å²) in [5.41, 5.74) is 0.296. The van der Waals surface area contributed by atoms with Crippen LogP contribution in [0.3, 0.4) is 0 Å². The number of nitrogens with one attached hydrogen (secondary N) is 1. The summed E-state index contributed by atoms with van der Waals surface area (Å²) in [5.74, 6) is -0.364. The second-order valence-corrected chi connectivity index (χ2v) is 7.74. The summed E-state index contributed by atoms with van der Waals surface area (Å²) in [6.45, 7) is 3.40. The molecule has 0 atom stereocenters. The third kappa shape index (κ3) is 4.30. The standard InChI is InChI=1S/C16H23NO4S/c1-13-6-8-15(9-7-13)22(19,20)17-12-16(21-14(2)18)10-4-3-5-11-16/h6-9,17H,3-5,10-12H2,1-2H3. The van der Waals surface area contributed by atoms with Crippen molar-refractivity contribution >= 4 is 16.0 Å². The van der Waals surface area contributed by atoms with Crippen LogP contribution in [0.1, 0.15) is 44.6 Å². The van der Waals surface area contributed by atoms with Crippen molar-refractivity contribution in [2.75, 3.05) is 6.54 Å². The lowest BCUT2D eigenvalue weighted by atomic mass is 9.85. The predicted octanol–water partition coefficient (Wildman–Crippen LogP) is 2.54. The Kier molecular flexibility index (Phi) is 5.24. The van der Waals surface area contributed by atoms with E-state index in [1.54, 1.807) is 24.3 Å². The van der Waals surface area contributed by atoms with Crippen molar-refractivity contribution in [2.45, 2.75) is 56.4 Å². The van der Waals surface area contributed by atoms with Crippen LogP contribution in [-0.2, 0) is 19.6 Å². The first-order chi connectivity index (χ1) is 10.3. The van der Waals surface area contributed by atoms with Gasteiger partial charge in [-0.25, -0.2) is 13.1 Å². The number of carbonyl (C=O) groups is 1. The molecule has 0 aliphatic heterocycles. The second-order valence-electron chi connectivity index (χ2n) is 5.97. The molecule has 2 rings (SSSR count). The van der Waals surface area contributed by atoms with E-state index < -0.39 is 15.6 Å². The minimum Gasteiger partial charge on any atom is -0.458 e. The first kappa shape index (κ1) is 17.0. The molecule has 0 bridgehead atoms. The highest BCUT2D eigenvalue weighted by Crippen LogP contribution is 2.31. The van der Waals surface area contributed by atoms with Gasteiger partial charge in [0.1, 0.15) is 5.60 Å². The molecule has 0 heterocycles. The van der Waals surface area contributed by atoms with Crippen molar-refractivity contribution in [2.24, 2.45) is 0 Å². The van der Waals surface area contributed by atoms with E-state index in [9.17, 15) is 13.2 Å².